The fourth-order valence-electron chi connectivity index (χ4n) is 6.07. The highest BCUT2D eigenvalue weighted by Gasteiger charge is 2.42. The molecular formula is C36H40FN3O2. The zero-order valence-corrected chi connectivity index (χ0v) is 25.0. The number of nitrogens with one attached hydrogen (secondary N) is 2. The Balaban J connectivity index is 1.18. The van der Waals surface area contributed by atoms with Gasteiger partial charge in [0.05, 0.1) is 0 Å². The highest BCUT2D eigenvalue weighted by atomic mass is 19.1. The summed E-state index contributed by atoms with van der Waals surface area (Å²) >= 11 is 0. The SMILES string of the molecule is Cc1ccc(F)c2c1C(C)(CNC(C)(O)c1cccc(NC(=O)C(C)C(C)Cc3ccc(-c4cccnc4)cc3)c1)C2. The average molecular weight is 566 g/mol. The van der Waals surface area contributed by atoms with E-state index >= 15 is 0 Å². The molecule has 6 heteroatoms. The van der Waals surface area contributed by atoms with Gasteiger partial charge < -0.3 is 10.4 Å². The molecule has 1 heterocycles. The number of fused-ring (bicyclic) bond motifs is 1. The molecule has 1 aliphatic carbocycles. The lowest BCUT2D eigenvalue weighted by Gasteiger charge is -2.44. The van der Waals surface area contributed by atoms with E-state index in [1.165, 1.54) is 11.6 Å². The second-order valence-electron chi connectivity index (χ2n) is 12.4. The van der Waals surface area contributed by atoms with Gasteiger partial charge in [0, 0.05) is 41.5 Å². The normalized spacial score (nSPS) is 18.7. The molecular weight excluding hydrogens is 525 g/mol. The Labute approximate surface area is 248 Å². The van der Waals surface area contributed by atoms with Crippen molar-refractivity contribution in [1.29, 1.82) is 0 Å². The summed E-state index contributed by atoms with van der Waals surface area (Å²) in [5, 5.41) is 17.7. The molecule has 1 amide bonds. The second kappa shape index (κ2) is 11.8. The van der Waals surface area contributed by atoms with Crippen molar-refractivity contribution in [3.8, 4) is 11.1 Å². The fraction of sp³-hybridized carbons (Fsp3) is 0.333. The first-order chi connectivity index (χ1) is 20.0. The zero-order chi connectivity index (χ0) is 30.1. The van der Waals surface area contributed by atoms with Gasteiger partial charge in [-0.2, -0.15) is 0 Å². The lowest BCUT2D eigenvalue weighted by Crippen LogP contribution is -2.51. The second-order valence-corrected chi connectivity index (χ2v) is 12.4. The highest BCUT2D eigenvalue weighted by Crippen LogP contribution is 2.44. The molecule has 42 heavy (non-hydrogen) atoms. The van der Waals surface area contributed by atoms with Gasteiger partial charge in [0.25, 0.3) is 0 Å². The number of pyridine rings is 1. The summed E-state index contributed by atoms with van der Waals surface area (Å²) in [6.45, 7) is 10.3. The summed E-state index contributed by atoms with van der Waals surface area (Å²) in [5.41, 5.74) is 5.93. The van der Waals surface area contributed by atoms with Crippen LogP contribution < -0.4 is 10.6 Å². The molecule has 4 aromatic rings. The number of amides is 1. The van der Waals surface area contributed by atoms with Crippen LogP contribution in [-0.4, -0.2) is 22.5 Å². The van der Waals surface area contributed by atoms with Crippen molar-refractivity contribution >= 4 is 11.6 Å². The number of nitrogens with zero attached hydrogens (tertiary/aromatic N) is 1. The van der Waals surface area contributed by atoms with Crippen molar-refractivity contribution in [2.75, 3.05) is 11.9 Å². The van der Waals surface area contributed by atoms with Crippen molar-refractivity contribution in [2.24, 2.45) is 11.8 Å². The van der Waals surface area contributed by atoms with Crippen LogP contribution in [0.3, 0.4) is 0 Å². The van der Waals surface area contributed by atoms with Crippen LogP contribution >= 0.6 is 0 Å². The quantitative estimate of drug-likeness (QED) is 0.183. The Kier molecular flexibility index (Phi) is 8.31. The maximum absolute atomic E-state index is 14.2. The molecule has 0 bridgehead atoms. The molecule has 0 aliphatic heterocycles. The molecule has 4 unspecified atom stereocenters. The first kappa shape index (κ1) is 29.6. The first-order valence-corrected chi connectivity index (χ1v) is 14.6. The Morgan fingerprint density at radius 2 is 1.83 bits per heavy atom. The summed E-state index contributed by atoms with van der Waals surface area (Å²) in [6, 6.07) is 23.0. The van der Waals surface area contributed by atoms with Crippen molar-refractivity contribution < 1.29 is 14.3 Å². The molecule has 1 aromatic heterocycles. The molecule has 0 spiro atoms. The largest absolute Gasteiger partial charge is 0.372 e. The summed E-state index contributed by atoms with van der Waals surface area (Å²) in [5.74, 6) is -0.310. The van der Waals surface area contributed by atoms with Gasteiger partial charge in [0.15, 0.2) is 0 Å². The molecule has 4 atom stereocenters. The van der Waals surface area contributed by atoms with Crippen molar-refractivity contribution in [3.05, 3.63) is 119 Å². The fourth-order valence-corrected chi connectivity index (χ4v) is 6.07. The molecule has 5 nitrogen and oxygen atoms in total. The van der Waals surface area contributed by atoms with Gasteiger partial charge in [-0.3, -0.25) is 15.1 Å². The number of carbonyl (C=O) groups excluding carboxylic acids is 1. The van der Waals surface area contributed by atoms with E-state index < -0.39 is 5.72 Å². The van der Waals surface area contributed by atoms with Crippen LogP contribution in [0.1, 0.15) is 55.5 Å². The van der Waals surface area contributed by atoms with Gasteiger partial charge in [-0.25, -0.2) is 4.39 Å². The maximum Gasteiger partial charge on any atom is 0.227 e. The molecule has 1 aliphatic rings. The molecule has 5 rings (SSSR count). The number of aliphatic hydroxyl groups is 1. The minimum Gasteiger partial charge on any atom is -0.372 e. The van der Waals surface area contributed by atoms with Gasteiger partial charge in [-0.1, -0.05) is 69.3 Å². The summed E-state index contributed by atoms with van der Waals surface area (Å²) < 4.78 is 14.2. The number of benzene rings is 3. The predicted molar refractivity (Wildman–Crippen MR) is 167 cm³/mol. The lowest BCUT2D eigenvalue weighted by atomic mass is 9.63. The number of hydrogen-bond acceptors (Lipinski definition) is 4. The van der Waals surface area contributed by atoms with Crippen LogP contribution in [0.2, 0.25) is 0 Å². The Morgan fingerprint density at radius 3 is 2.55 bits per heavy atom. The van der Waals surface area contributed by atoms with E-state index in [0.29, 0.717) is 24.2 Å². The third kappa shape index (κ3) is 6.15. The van der Waals surface area contributed by atoms with Crippen LogP contribution in [-0.2, 0) is 28.8 Å². The van der Waals surface area contributed by atoms with Crippen molar-refractivity contribution in [3.63, 3.8) is 0 Å². The maximum atomic E-state index is 14.2. The lowest BCUT2D eigenvalue weighted by molar-refractivity contribution is -0.120. The van der Waals surface area contributed by atoms with Crippen LogP contribution in [0, 0.1) is 24.6 Å². The minimum atomic E-state index is -1.33. The smallest absolute Gasteiger partial charge is 0.227 e. The van der Waals surface area contributed by atoms with E-state index in [2.05, 4.69) is 53.7 Å². The van der Waals surface area contributed by atoms with Crippen LogP contribution in [0.15, 0.2) is 85.2 Å². The van der Waals surface area contributed by atoms with Crippen LogP contribution in [0.4, 0.5) is 10.1 Å². The van der Waals surface area contributed by atoms with E-state index in [1.807, 2.05) is 56.4 Å². The number of anilines is 1. The molecule has 3 N–H and O–H groups in total. The Morgan fingerprint density at radius 1 is 1.07 bits per heavy atom. The Hall–Kier alpha value is -3.87. The standard InChI is InChI=1S/C36H40FN3O2/c1-23-11-16-32(37)31-20-35(4,33(23)31)22-39-36(5,42)29-9-6-10-30(19-29)40-34(41)25(3)24(2)18-26-12-14-27(15-13-26)28-8-7-17-38-21-28/h6-17,19,21,24-25,39,42H,18,20,22H2,1-5H3,(H,40,41). The van der Waals surface area contributed by atoms with E-state index in [0.717, 1.165) is 34.2 Å². The van der Waals surface area contributed by atoms with E-state index in [9.17, 15) is 14.3 Å². The zero-order valence-electron chi connectivity index (χ0n) is 25.0. The molecule has 0 fully saturated rings. The summed E-state index contributed by atoms with van der Waals surface area (Å²) in [7, 11) is 0. The summed E-state index contributed by atoms with van der Waals surface area (Å²) in [4.78, 5) is 17.4. The van der Waals surface area contributed by atoms with Crippen molar-refractivity contribution in [2.45, 2.75) is 58.6 Å². The molecule has 0 radical (unpaired) electrons. The number of carbonyl (C=O) groups is 1. The molecule has 3 aromatic carbocycles. The van der Waals surface area contributed by atoms with Gasteiger partial charge in [-0.15, -0.1) is 0 Å². The van der Waals surface area contributed by atoms with E-state index in [-0.39, 0.29) is 29.0 Å². The first-order valence-electron chi connectivity index (χ1n) is 14.6. The minimum absolute atomic E-state index is 0.0599. The number of aryl methyl sites for hydroxylation is 1. The van der Waals surface area contributed by atoms with Crippen LogP contribution in [0.5, 0.6) is 0 Å². The molecule has 0 saturated heterocycles. The van der Waals surface area contributed by atoms with Gasteiger partial charge in [0.1, 0.15) is 11.5 Å². The van der Waals surface area contributed by atoms with Crippen molar-refractivity contribution in [1.82, 2.24) is 10.3 Å². The topological polar surface area (TPSA) is 74.2 Å². The monoisotopic (exact) mass is 565 g/mol. The molecule has 218 valence electrons. The third-order valence-electron chi connectivity index (χ3n) is 8.92. The van der Waals surface area contributed by atoms with Crippen LogP contribution in [0.25, 0.3) is 11.1 Å². The predicted octanol–water partition coefficient (Wildman–Crippen LogP) is 6.92. The van der Waals surface area contributed by atoms with E-state index in [1.54, 1.807) is 19.2 Å². The number of rotatable bonds is 10. The third-order valence-corrected chi connectivity index (χ3v) is 8.92. The van der Waals surface area contributed by atoms with Gasteiger partial charge in [0.2, 0.25) is 5.91 Å². The Bertz CT molecular complexity index is 1570. The number of aromatic nitrogens is 1. The molecule has 0 saturated carbocycles. The summed E-state index contributed by atoms with van der Waals surface area (Å²) in [6.07, 6.45) is 5.03. The van der Waals surface area contributed by atoms with Gasteiger partial charge >= 0.3 is 0 Å². The van der Waals surface area contributed by atoms with Gasteiger partial charge in [-0.05, 0) is 90.3 Å². The average Bonchev–Trinajstić information content (AvgIpc) is 2.97. The highest BCUT2D eigenvalue weighted by molar-refractivity contribution is 5.92. The number of halogens is 1. The van der Waals surface area contributed by atoms with E-state index in [4.69, 9.17) is 0 Å². The number of hydrogen-bond donors (Lipinski definition) is 3.